The van der Waals surface area contributed by atoms with Crippen LogP contribution in [0.5, 0.6) is 11.5 Å². The lowest BCUT2D eigenvalue weighted by Gasteiger charge is -2.22. The third-order valence-corrected chi connectivity index (χ3v) is 3.83. The Morgan fingerprint density at radius 3 is 2.79 bits per heavy atom. The molecule has 1 aliphatic carbocycles. The van der Waals surface area contributed by atoms with E-state index in [-0.39, 0.29) is 17.9 Å². The van der Waals surface area contributed by atoms with Crippen LogP contribution in [0, 0.1) is 0 Å². The topological polar surface area (TPSA) is 61.7 Å². The average Bonchev–Trinajstić information content (AvgIpc) is 2.62. The molecule has 106 valence electrons. The second kappa shape index (κ2) is 6.78. The highest BCUT2D eigenvalue weighted by molar-refractivity contribution is 5.39. The number of rotatable bonds is 4. The van der Waals surface area contributed by atoms with Crippen molar-refractivity contribution in [2.24, 2.45) is 0 Å². The summed E-state index contributed by atoms with van der Waals surface area (Å²) in [7, 11) is 1.58. The Labute approximate surface area is 114 Å². The molecule has 2 unspecified atom stereocenters. The normalized spacial score (nSPS) is 23.9. The van der Waals surface area contributed by atoms with Crippen molar-refractivity contribution in [3.05, 3.63) is 23.8 Å². The van der Waals surface area contributed by atoms with Gasteiger partial charge >= 0.3 is 0 Å². The highest BCUT2D eigenvalue weighted by Crippen LogP contribution is 2.24. The number of methoxy groups -OCH3 is 1. The van der Waals surface area contributed by atoms with E-state index < -0.39 is 0 Å². The average molecular weight is 265 g/mol. The Morgan fingerprint density at radius 2 is 2.05 bits per heavy atom. The van der Waals surface area contributed by atoms with Gasteiger partial charge in [-0.2, -0.15) is 0 Å². The molecular weight excluding hydrogens is 242 g/mol. The fourth-order valence-corrected chi connectivity index (χ4v) is 2.59. The van der Waals surface area contributed by atoms with Crippen molar-refractivity contribution in [1.82, 2.24) is 5.32 Å². The van der Waals surface area contributed by atoms with E-state index in [1.807, 2.05) is 12.1 Å². The van der Waals surface area contributed by atoms with Gasteiger partial charge in [0.25, 0.3) is 0 Å². The molecule has 19 heavy (non-hydrogen) atoms. The molecule has 0 aliphatic heterocycles. The summed E-state index contributed by atoms with van der Waals surface area (Å²) in [6.45, 7) is 0.567. The number of phenols is 1. The van der Waals surface area contributed by atoms with Crippen LogP contribution < -0.4 is 10.1 Å². The van der Waals surface area contributed by atoms with Crippen LogP contribution >= 0.6 is 0 Å². The van der Waals surface area contributed by atoms with Crippen molar-refractivity contribution < 1.29 is 14.9 Å². The van der Waals surface area contributed by atoms with Crippen molar-refractivity contribution in [3.63, 3.8) is 0 Å². The Bertz CT molecular complexity index is 408. The third-order valence-electron chi connectivity index (χ3n) is 3.83. The van der Waals surface area contributed by atoms with Gasteiger partial charge in [-0.05, 0) is 18.9 Å². The van der Waals surface area contributed by atoms with E-state index in [9.17, 15) is 10.2 Å². The molecule has 1 aliphatic rings. The maximum absolute atomic E-state index is 10.0. The molecule has 4 heteroatoms. The van der Waals surface area contributed by atoms with Crippen LogP contribution in [0.2, 0.25) is 0 Å². The number of aliphatic hydroxyl groups excluding tert-OH is 1. The SMILES string of the molecule is COc1ccc(CNC2CCCCCC2O)c(O)c1. The number of phenolic OH excluding ortho intramolecular Hbond substituents is 1. The fraction of sp³-hybridized carbons (Fsp3) is 0.600. The van der Waals surface area contributed by atoms with Crippen molar-refractivity contribution in [3.8, 4) is 11.5 Å². The first-order valence-corrected chi connectivity index (χ1v) is 6.98. The molecule has 1 saturated carbocycles. The first-order chi connectivity index (χ1) is 9.20. The molecule has 0 heterocycles. The Balaban J connectivity index is 1.94. The van der Waals surface area contributed by atoms with E-state index in [1.54, 1.807) is 13.2 Å². The predicted molar refractivity (Wildman–Crippen MR) is 74.4 cm³/mol. The summed E-state index contributed by atoms with van der Waals surface area (Å²) in [4.78, 5) is 0. The van der Waals surface area contributed by atoms with Gasteiger partial charge in [0, 0.05) is 24.2 Å². The molecule has 1 aromatic carbocycles. The standard InChI is InChI=1S/C15H23NO3/c1-19-12-8-7-11(15(18)9-12)10-16-13-5-3-2-4-6-14(13)17/h7-9,13-14,16-18H,2-6,10H2,1H3. The van der Waals surface area contributed by atoms with Crippen molar-refractivity contribution in [2.45, 2.75) is 50.8 Å². The minimum Gasteiger partial charge on any atom is -0.507 e. The van der Waals surface area contributed by atoms with Crippen LogP contribution in [0.3, 0.4) is 0 Å². The molecule has 0 spiro atoms. The lowest BCUT2D eigenvalue weighted by Crippen LogP contribution is -2.38. The first kappa shape index (κ1) is 14.2. The van der Waals surface area contributed by atoms with Gasteiger partial charge < -0.3 is 20.3 Å². The molecular formula is C15H23NO3. The highest BCUT2D eigenvalue weighted by Gasteiger charge is 2.21. The number of hydrogen-bond donors (Lipinski definition) is 3. The summed E-state index contributed by atoms with van der Waals surface area (Å²) in [5, 5.41) is 23.3. The van der Waals surface area contributed by atoms with E-state index >= 15 is 0 Å². The molecule has 0 radical (unpaired) electrons. The Hall–Kier alpha value is -1.26. The lowest BCUT2D eigenvalue weighted by molar-refractivity contribution is 0.119. The summed E-state index contributed by atoms with van der Waals surface area (Å²) in [6.07, 6.45) is 5.05. The summed E-state index contributed by atoms with van der Waals surface area (Å²) >= 11 is 0. The van der Waals surface area contributed by atoms with Crippen LogP contribution in [0.15, 0.2) is 18.2 Å². The van der Waals surface area contributed by atoms with E-state index in [1.165, 1.54) is 6.42 Å². The van der Waals surface area contributed by atoms with Crippen molar-refractivity contribution in [1.29, 1.82) is 0 Å². The Morgan fingerprint density at radius 1 is 1.26 bits per heavy atom. The van der Waals surface area contributed by atoms with Crippen molar-refractivity contribution in [2.75, 3.05) is 7.11 Å². The van der Waals surface area contributed by atoms with Crippen LogP contribution in [0.1, 0.15) is 37.7 Å². The van der Waals surface area contributed by atoms with Gasteiger partial charge in [0.1, 0.15) is 11.5 Å². The number of ether oxygens (including phenoxy) is 1. The zero-order valence-corrected chi connectivity index (χ0v) is 11.4. The van der Waals surface area contributed by atoms with Gasteiger partial charge in [0.05, 0.1) is 13.2 Å². The molecule has 0 amide bonds. The maximum Gasteiger partial charge on any atom is 0.123 e. The smallest absolute Gasteiger partial charge is 0.123 e. The number of nitrogens with one attached hydrogen (secondary N) is 1. The Kier molecular flexibility index (Phi) is 5.05. The molecule has 2 rings (SSSR count). The van der Waals surface area contributed by atoms with Crippen LogP contribution in [0.4, 0.5) is 0 Å². The molecule has 0 bridgehead atoms. The van der Waals surface area contributed by atoms with Gasteiger partial charge in [0.2, 0.25) is 0 Å². The largest absolute Gasteiger partial charge is 0.507 e. The van der Waals surface area contributed by atoms with Gasteiger partial charge in [-0.3, -0.25) is 0 Å². The van der Waals surface area contributed by atoms with Crippen molar-refractivity contribution >= 4 is 0 Å². The lowest BCUT2D eigenvalue weighted by atomic mass is 10.1. The summed E-state index contributed by atoms with van der Waals surface area (Å²) in [5.74, 6) is 0.880. The quantitative estimate of drug-likeness (QED) is 0.730. The number of benzene rings is 1. The van der Waals surface area contributed by atoms with Gasteiger partial charge in [-0.1, -0.05) is 25.3 Å². The predicted octanol–water partition coefficient (Wildman–Crippen LogP) is 2.18. The molecule has 0 saturated heterocycles. The molecule has 0 aromatic heterocycles. The number of aliphatic hydroxyl groups is 1. The van der Waals surface area contributed by atoms with Gasteiger partial charge in [0.15, 0.2) is 0 Å². The third kappa shape index (κ3) is 3.85. The van der Waals surface area contributed by atoms with Gasteiger partial charge in [-0.15, -0.1) is 0 Å². The second-order valence-electron chi connectivity index (χ2n) is 5.19. The van der Waals surface area contributed by atoms with Gasteiger partial charge in [-0.25, -0.2) is 0 Å². The second-order valence-corrected chi connectivity index (χ2v) is 5.19. The van der Waals surface area contributed by atoms with Crippen LogP contribution in [-0.4, -0.2) is 29.5 Å². The first-order valence-electron chi connectivity index (χ1n) is 6.98. The summed E-state index contributed by atoms with van der Waals surface area (Å²) in [6, 6.07) is 5.43. The highest BCUT2D eigenvalue weighted by atomic mass is 16.5. The molecule has 2 atom stereocenters. The number of aromatic hydroxyl groups is 1. The zero-order valence-electron chi connectivity index (χ0n) is 11.4. The van der Waals surface area contributed by atoms with Crippen LogP contribution in [0.25, 0.3) is 0 Å². The molecule has 1 fully saturated rings. The van der Waals surface area contributed by atoms with E-state index in [0.717, 1.165) is 31.2 Å². The monoisotopic (exact) mass is 265 g/mol. The van der Waals surface area contributed by atoms with Crippen LogP contribution in [-0.2, 0) is 6.54 Å². The maximum atomic E-state index is 10.0. The number of hydrogen-bond acceptors (Lipinski definition) is 4. The summed E-state index contributed by atoms with van der Waals surface area (Å²) < 4.78 is 5.06. The minimum atomic E-state index is -0.275. The molecule has 1 aromatic rings. The zero-order chi connectivity index (χ0) is 13.7. The molecule has 3 N–H and O–H groups in total. The fourth-order valence-electron chi connectivity index (χ4n) is 2.59. The minimum absolute atomic E-state index is 0.129. The van der Waals surface area contributed by atoms with E-state index in [2.05, 4.69) is 5.32 Å². The van der Waals surface area contributed by atoms with E-state index in [4.69, 9.17) is 4.74 Å². The van der Waals surface area contributed by atoms with E-state index in [0.29, 0.717) is 12.3 Å². The summed E-state index contributed by atoms with van der Waals surface area (Å²) in [5.41, 5.74) is 0.831. The molecule has 4 nitrogen and oxygen atoms in total.